The van der Waals surface area contributed by atoms with E-state index in [-0.39, 0.29) is 27.1 Å². The summed E-state index contributed by atoms with van der Waals surface area (Å²) in [6.07, 6.45) is 0. The van der Waals surface area contributed by atoms with Crippen LogP contribution < -0.4 is 10.0 Å². The summed E-state index contributed by atoms with van der Waals surface area (Å²) >= 11 is 6.23. The molecule has 5 nitrogen and oxygen atoms in total. The Morgan fingerprint density at radius 3 is 2.11 bits per heavy atom. The average molecular weight is 415 g/mol. The molecule has 0 heterocycles. The Balaban J connectivity index is 1.79. The number of hydrogen-bond donors (Lipinski definition) is 2. The number of sulfonamides is 1. The minimum atomic E-state index is -3.73. The van der Waals surface area contributed by atoms with Gasteiger partial charge in [0.1, 0.15) is 0 Å². The van der Waals surface area contributed by atoms with Crippen LogP contribution in [0.25, 0.3) is 0 Å². The minimum Gasteiger partial charge on any atom is -0.322 e. The second-order valence-electron chi connectivity index (χ2n) is 6.44. The second kappa shape index (κ2) is 8.04. The monoisotopic (exact) mass is 414 g/mol. The average Bonchev–Trinajstić information content (AvgIpc) is 2.61. The maximum Gasteiger partial charge on any atom is 0.261 e. The van der Waals surface area contributed by atoms with Crippen molar-refractivity contribution >= 4 is 38.9 Å². The summed E-state index contributed by atoms with van der Waals surface area (Å²) in [6, 6.07) is 18.1. The number of amides is 1. The van der Waals surface area contributed by atoms with Crippen LogP contribution in [0, 0.1) is 13.8 Å². The van der Waals surface area contributed by atoms with Gasteiger partial charge in [-0.15, -0.1) is 0 Å². The van der Waals surface area contributed by atoms with Crippen molar-refractivity contribution in [2.45, 2.75) is 18.7 Å². The Labute approximate surface area is 169 Å². The molecule has 2 N–H and O–H groups in total. The van der Waals surface area contributed by atoms with E-state index >= 15 is 0 Å². The normalized spacial score (nSPS) is 11.1. The van der Waals surface area contributed by atoms with Crippen molar-refractivity contribution in [1.29, 1.82) is 0 Å². The molecule has 3 aromatic carbocycles. The largest absolute Gasteiger partial charge is 0.322 e. The number of hydrogen-bond acceptors (Lipinski definition) is 3. The lowest BCUT2D eigenvalue weighted by atomic mass is 10.1. The standard InChI is InChI=1S/C21H19ClN2O3S/c1-14-10-15(2)12-17(11-14)23-21(25)19-9-8-16(13-20(19)22)24-28(26,27)18-6-4-3-5-7-18/h3-13,24H,1-2H3,(H,23,25). The highest BCUT2D eigenvalue weighted by Gasteiger charge is 2.16. The highest BCUT2D eigenvalue weighted by Crippen LogP contribution is 2.24. The Kier molecular flexibility index (Phi) is 5.72. The Hall–Kier alpha value is -2.83. The molecule has 0 saturated heterocycles. The molecule has 28 heavy (non-hydrogen) atoms. The van der Waals surface area contributed by atoms with Crippen LogP contribution in [0.15, 0.2) is 71.6 Å². The lowest BCUT2D eigenvalue weighted by molar-refractivity contribution is 0.102. The number of benzene rings is 3. The van der Waals surface area contributed by atoms with Gasteiger partial charge in [0.25, 0.3) is 15.9 Å². The van der Waals surface area contributed by atoms with Crippen LogP contribution in [0.5, 0.6) is 0 Å². The zero-order valence-electron chi connectivity index (χ0n) is 15.4. The predicted octanol–water partition coefficient (Wildman–Crippen LogP) is 5.01. The molecule has 0 aromatic heterocycles. The lowest BCUT2D eigenvalue weighted by Gasteiger charge is -2.11. The molecule has 0 spiro atoms. The van der Waals surface area contributed by atoms with Crippen molar-refractivity contribution < 1.29 is 13.2 Å². The quantitative estimate of drug-likeness (QED) is 0.616. The number of carbonyl (C=O) groups excluding carboxylic acids is 1. The first kappa shape index (κ1) is 19.9. The fourth-order valence-corrected chi connectivity index (χ4v) is 4.16. The third-order valence-corrected chi connectivity index (χ3v) is 5.71. The molecule has 0 aliphatic carbocycles. The maximum absolute atomic E-state index is 12.5. The van der Waals surface area contributed by atoms with E-state index in [0.29, 0.717) is 5.69 Å². The molecule has 0 saturated carbocycles. The molecule has 0 fully saturated rings. The Bertz CT molecular complexity index is 1110. The van der Waals surface area contributed by atoms with Gasteiger partial charge in [-0.05, 0) is 67.4 Å². The number of nitrogens with one attached hydrogen (secondary N) is 2. The van der Waals surface area contributed by atoms with Crippen molar-refractivity contribution in [3.05, 3.63) is 88.4 Å². The molecule has 0 radical (unpaired) electrons. The number of rotatable bonds is 5. The topological polar surface area (TPSA) is 75.3 Å². The van der Waals surface area contributed by atoms with Crippen LogP contribution in [0.4, 0.5) is 11.4 Å². The van der Waals surface area contributed by atoms with Gasteiger partial charge in [-0.1, -0.05) is 35.9 Å². The van der Waals surface area contributed by atoms with Crippen LogP contribution in [0.2, 0.25) is 5.02 Å². The van der Waals surface area contributed by atoms with E-state index in [1.165, 1.54) is 30.3 Å². The van der Waals surface area contributed by atoms with Gasteiger partial charge in [-0.2, -0.15) is 0 Å². The van der Waals surface area contributed by atoms with Gasteiger partial charge in [-0.3, -0.25) is 9.52 Å². The van der Waals surface area contributed by atoms with Crippen molar-refractivity contribution in [3.8, 4) is 0 Å². The van der Waals surface area contributed by atoms with Gasteiger partial charge in [-0.25, -0.2) is 8.42 Å². The van der Waals surface area contributed by atoms with Crippen molar-refractivity contribution in [3.63, 3.8) is 0 Å². The summed E-state index contributed by atoms with van der Waals surface area (Å²) in [7, 11) is -3.73. The minimum absolute atomic E-state index is 0.141. The molecule has 0 aliphatic heterocycles. The molecule has 0 atom stereocenters. The first-order valence-electron chi connectivity index (χ1n) is 8.52. The van der Waals surface area contributed by atoms with Gasteiger partial charge >= 0.3 is 0 Å². The van der Waals surface area contributed by atoms with E-state index in [2.05, 4.69) is 10.0 Å². The van der Waals surface area contributed by atoms with Gasteiger partial charge < -0.3 is 5.32 Å². The SMILES string of the molecule is Cc1cc(C)cc(NC(=O)c2ccc(NS(=O)(=O)c3ccccc3)cc2Cl)c1. The predicted molar refractivity (Wildman–Crippen MR) is 113 cm³/mol. The van der Waals surface area contributed by atoms with E-state index < -0.39 is 10.0 Å². The van der Waals surface area contributed by atoms with Crippen molar-refractivity contribution in [2.24, 2.45) is 0 Å². The fraction of sp³-hybridized carbons (Fsp3) is 0.0952. The number of carbonyl (C=O) groups is 1. The molecule has 0 unspecified atom stereocenters. The van der Waals surface area contributed by atoms with Gasteiger partial charge in [0, 0.05) is 5.69 Å². The Morgan fingerprint density at radius 2 is 1.50 bits per heavy atom. The third-order valence-electron chi connectivity index (χ3n) is 4.00. The summed E-state index contributed by atoms with van der Waals surface area (Å²) in [5.74, 6) is -0.368. The third kappa shape index (κ3) is 4.71. The lowest BCUT2D eigenvalue weighted by Crippen LogP contribution is -2.15. The maximum atomic E-state index is 12.5. The molecule has 144 valence electrons. The summed E-state index contributed by atoms with van der Waals surface area (Å²) in [5, 5.41) is 2.96. The molecule has 0 aliphatic rings. The summed E-state index contributed by atoms with van der Waals surface area (Å²) < 4.78 is 27.3. The number of anilines is 2. The first-order chi connectivity index (χ1) is 13.2. The van der Waals surface area contributed by atoms with E-state index in [1.807, 2.05) is 32.0 Å². The zero-order valence-corrected chi connectivity index (χ0v) is 16.9. The van der Waals surface area contributed by atoms with Crippen LogP contribution >= 0.6 is 11.6 Å². The van der Waals surface area contributed by atoms with Crippen molar-refractivity contribution in [1.82, 2.24) is 0 Å². The molecule has 0 bridgehead atoms. The Morgan fingerprint density at radius 1 is 0.857 bits per heavy atom. The second-order valence-corrected chi connectivity index (χ2v) is 8.53. The molecule has 3 aromatic rings. The summed E-state index contributed by atoms with van der Waals surface area (Å²) in [6.45, 7) is 3.90. The highest BCUT2D eigenvalue weighted by atomic mass is 35.5. The van der Waals surface area contributed by atoms with Gasteiger partial charge in [0.15, 0.2) is 0 Å². The van der Waals surface area contributed by atoms with Crippen LogP contribution in [-0.4, -0.2) is 14.3 Å². The van der Waals surface area contributed by atoms with E-state index in [9.17, 15) is 13.2 Å². The zero-order chi connectivity index (χ0) is 20.3. The molecule has 7 heteroatoms. The van der Waals surface area contributed by atoms with E-state index in [0.717, 1.165) is 11.1 Å². The number of aryl methyl sites for hydroxylation is 2. The number of halogens is 1. The first-order valence-corrected chi connectivity index (χ1v) is 10.4. The van der Waals surface area contributed by atoms with Crippen molar-refractivity contribution in [2.75, 3.05) is 10.0 Å². The van der Waals surface area contributed by atoms with E-state index in [1.54, 1.807) is 18.2 Å². The fourth-order valence-electron chi connectivity index (χ4n) is 2.82. The molecular formula is C21H19ClN2O3S. The molecule has 3 rings (SSSR count). The molecule has 1 amide bonds. The summed E-state index contributed by atoms with van der Waals surface area (Å²) in [5.41, 5.74) is 3.27. The highest BCUT2D eigenvalue weighted by molar-refractivity contribution is 7.92. The van der Waals surface area contributed by atoms with Gasteiger partial charge in [0.2, 0.25) is 0 Å². The smallest absolute Gasteiger partial charge is 0.261 e. The molecular weight excluding hydrogens is 396 g/mol. The van der Waals surface area contributed by atoms with Crippen LogP contribution in [0.1, 0.15) is 21.5 Å². The van der Waals surface area contributed by atoms with Crippen LogP contribution in [-0.2, 0) is 10.0 Å². The van der Waals surface area contributed by atoms with Crippen LogP contribution in [0.3, 0.4) is 0 Å². The van der Waals surface area contributed by atoms with Gasteiger partial charge in [0.05, 0.1) is 21.2 Å². The summed E-state index contributed by atoms with van der Waals surface area (Å²) in [4.78, 5) is 12.7. The van der Waals surface area contributed by atoms with E-state index in [4.69, 9.17) is 11.6 Å².